The first-order valence-electron chi connectivity index (χ1n) is 7.00. The molecular weight excluding hydrogens is 318 g/mol. The predicted octanol–water partition coefficient (Wildman–Crippen LogP) is 3.71. The van der Waals surface area contributed by atoms with Crippen LogP contribution in [-0.2, 0) is 4.79 Å². The third-order valence-electron chi connectivity index (χ3n) is 3.20. The zero-order valence-corrected chi connectivity index (χ0v) is 12.8. The second-order valence-electron chi connectivity index (χ2n) is 4.94. The maximum atomic E-state index is 12.0. The van der Waals surface area contributed by atoms with E-state index in [1.165, 1.54) is 0 Å². The smallest absolute Gasteiger partial charge is 0.323 e. The Morgan fingerprint density at radius 1 is 1.09 bits per heavy atom. The molecule has 118 valence electrons. The molecule has 0 atom stereocenters. The number of amides is 3. The Morgan fingerprint density at radius 2 is 1.78 bits per heavy atom. The lowest BCUT2D eigenvalue weighted by Crippen LogP contribution is -2.19. The van der Waals surface area contributed by atoms with Crippen LogP contribution in [-0.4, -0.2) is 18.5 Å². The highest BCUT2D eigenvalue weighted by molar-refractivity contribution is 6.30. The fraction of sp³-hybridized carbons (Fsp3) is 0.125. The molecule has 7 heteroatoms. The molecule has 0 saturated carbocycles. The van der Waals surface area contributed by atoms with Crippen LogP contribution in [0, 0.1) is 0 Å². The van der Waals surface area contributed by atoms with Crippen molar-refractivity contribution in [3.05, 3.63) is 47.5 Å². The van der Waals surface area contributed by atoms with E-state index in [1.54, 1.807) is 42.5 Å². The number of hydrogen-bond acceptors (Lipinski definition) is 3. The zero-order valence-electron chi connectivity index (χ0n) is 12.1. The summed E-state index contributed by atoms with van der Waals surface area (Å²) in [5.74, 6) is 0.464. The molecule has 0 unspecified atom stereocenters. The Morgan fingerprint density at radius 3 is 2.57 bits per heavy atom. The van der Waals surface area contributed by atoms with E-state index in [0.29, 0.717) is 40.9 Å². The largest absolute Gasteiger partial charge is 0.491 e. The van der Waals surface area contributed by atoms with E-state index >= 15 is 0 Å². The van der Waals surface area contributed by atoms with Gasteiger partial charge in [-0.3, -0.25) is 4.79 Å². The fourth-order valence-electron chi connectivity index (χ4n) is 2.12. The van der Waals surface area contributed by atoms with Gasteiger partial charge in [0.15, 0.2) is 0 Å². The number of carbonyl (C=O) groups excluding carboxylic acids is 2. The molecule has 0 aromatic heterocycles. The van der Waals surface area contributed by atoms with Gasteiger partial charge in [0.1, 0.15) is 5.75 Å². The molecule has 3 amide bonds. The van der Waals surface area contributed by atoms with Gasteiger partial charge < -0.3 is 20.7 Å². The minimum Gasteiger partial charge on any atom is -0.491 e. The SMILES string of the molecule is O=C1CCOc2ccc(NC(=O)Nc3ccc(Cl)cc3)cc2N1. The van der Waals surface area contributed by atoms with Gasteiger partial charge in [-0.15, -0.1) is 0 Å². The summed E-state index contributed by atoms with van der Waals surface area (Å²) in [7, 11) is 0. The average Bonchev–Trinajstić information content (AvgIpc) is 2.69. The van der Waals surface area contributed by atoms with Crippen LogP contribution in [0.2, 0.25) is 5.02 Å². The number of rotatable bonds is 2. The molecule has 2 aromatic carbocycles. The third-order valence-corrected chi connectivity index (χ3v) is 3.45. The lowest BCUT2D eigenvalue weighted by atomic mass is 10.2. The number of benzene rings is 2. The van der Waals surface area contributed by atoms with Crippen LogP contribution >= 0.6 is 11.6 Å². The van der Waals surface area contributed by atoms with Gasteiger partial charge in [0.2, 0.25) is 5.91 Å². The molecule has 1 heterocycles. The molecule has 1 aliphatic heterocycles. The molecule has 2 aromatic rings. The van der Waals surface area contributed by atoms with E-state index in [1.807, 2.05) is 0 Å². The molecular formula is C16H14ClN3O3. The van der Waals surface area contributed by atoms with Crippen molar-refractivity contribution in [3.63, 3.8) is 0 Å². The number of hydrogen-bond donors (Lipinski definition) is 3. The van der Waals surface area contributed by atoms with E-state index in [0.717, 1.165) is 0 Å². The highest BCUT2D eigenvalue weighted by Gasteiger charge is 2.14. The van der Waals surface area contributed by atoms with E-state index in [-0.39, 0.29) is 5.91 Å². The van der Waals surface area contributed by atoms with Crippen molar-refractivity contribution in [3.8, 4) is 5.75 Å². The normalized spacial score (nSPS) is 13.2. The lowest BCUT2D eigenvalue weighted by Gasteiger charge is -2.11. The van der Waals surface area contributed by atoms with Gasteiger partial charge in [0.25, 0.3) is 0 Å². The molecule has 3 N–H and O–H groups in total. The molecule has 1 aliphatic rings. The van der Waals surface area contributed by atoms with Crippen LogP contribution in [0.5, 0.6) is 5.75 Å². The molecule has 6 nitrogen and oxygen atoms in total. The summed E-state index contributed by atoms with van der Waals surface area (Å²) in [6, 6.07) is 11.4. The molecule has 0 bridgehead atoms. The minimum absolute atomic E-state index is 0.119. The van der Waals surface area contributed by atoms with Crippen molar-refractivity contribution in [1.82, 2.24) is 0 Å². The summed E-state index contributed by atoms with van der Waals surface area (Å²) >= 11 is 5.80. The van der Waals surface area contributed by atoms with Crippen LogP contribution in [0.3, 0.4) is 0 Å². The number of urea groups is 1. The summed E-state index contributed by atoms with van der Waals surface area (Å²) in [5, 5.41) is 8.73. The molecule has 0 aliphatic carbocycles. The standard InChI is InChI=1S/C16H14ClN3O3/c17-10-1-3-11(4-2-10)18-16(22)19-12-5-6-14-13(9-12)20-15(21)7-8-23-14/h1-6,9H,7-8H2,(H,20,21)(H2,18,19,22). The van der Waals surface area contributed by atoms with Gasteiger partial charge >= 0.3 is 6.03 Å². The van der Waals surface area contributed by atoms with Crippen molar-refractivity contribution >= 4 is 40.6 Å². The molecule has 3 rings (SSSR count). The molecule has 0 saturated heterocycles. The van der Waals surface area contributed by atoms with Gasteiger partial charge in [-0.25, -0.2) is 4.79 Å². The average molecular weight is 332 g/mol. The number of carbonyl (C=O) groups is 2. The van der Waals surface area contributed by atoms with E-state index < -0.39 is 6.03 Å². The Bertz CT molecular complexity index is 747. The first kappa shape index (κ1) is 15.2. The van der Waals surface area contributed by atoms with Crippen LogP contribution in [0.25, 0.3) is 0 Å². The number of anilines is 3. The highest BCUT2D eigenvalue weighted by Crippen LogP contribution is 2.30. The van der Waals surface area contributed by atoms with Gasteiger partial charge in [0, 0.05) is 16.4 Å². The van der Waals surface area contributed by atoms with Crippen LogP contribution in [0.4, 0.5) is 21.9 Å². The maximum absolute atomic E-state index is 12.0. The lowest BCUT2D eigenvalue weighted by molar-refractivity contribution is -0.116. The Hall–Kier alpha value is -2.73. The van der Waals surface area contributed by atoms with Crippen molar-refractivity contribution < 1.29 is 14.3 Å². The van der Waals surface area contributed by atoms with E-state index in [2.05, 4.69) is 16.0 Å². The van der Waals surface area contributed by atoms with Crippen molar-refractivity contribution in [2.75, 3.05) is 22.6 Å². The van der Waals surface area contributed by atoms with Gasteiger partial charge in [-0.05, 0) is 42.5 Å². The highest BCUT2D eigenvalue weighted by atomic mass is 35.5. The summed E-state index contributed by atoms with van der Waals surface area (Å²) < 4.78 is 5.46. The fourth-order valence-corrected chi connectivity index (χ4v) is 2.25. The topological polar surface area (TPSA) is 79.5 Å². The molecule has 23 heavy (non-hydrogen) atoms. The molecule has 0 fully saturated rings. The Balaban J connectivity index is 1.69. The van der Waals surface area contributed by atoms with Crippen LogP contribution in [0.15, 0.2) is 42.5 Å². The van der Waals surface area contributed by atoms with E-state index in [9.17, 15) is 9.59 Å². The minimum atomic E-state index is -0.395. The van der Waals surface area contributed by atoms with Gasteiger partial charge in [-0.1, -0.05) is 11.6 Å². The summed E-state index contributed by atoms with van der Waals surface area (Å²) in [6.07, 6.45) is 0.300. The van der Waals surface area contributed by atoms with E-state index in [4.69, 9.17) is 16.3 Å². The monoisotopic (exact) mass is 331 g/mol. The van der Waals surface area contributed by atoms with Crippen molar-refractivity contribution in [2.45, 2.75) is 6.42 Å². The number of fused-ring (bicyclic) bond motifs is 1. The summed E-state index contributed by atoms with van der Waals surface area (Å²) in [5.41, 5.74) is 1.70. The first-order chi connectivity index (χ1) is 11.1. The van der Waals surface area contributed by atoms with Gasteiger partial charge in [-0.2, -0.15) is 0 Å². The van der Waals surface area contributed by atoms with Crippen molar-refractivity contribution in [1.29, 1.82) is 0 Å². The number of halogens is 1. The maximum Gasteiger partial charge on any atom is 0.323 e. The number of ether oxygens (including phenoxy) is 1. The second-order valence-corrected chi connectivity index (χ2v) is 5.38. The number of nitrogens with one attached hydrogen (secondary N) is 3. The van der Waals surface area contributed by atoms with Crippen LogP contribution in [0.1, 0.15) is 6.42 Å². The van der Waals surface area contributed by atoms with Gasteiger partial charge in [0.05, 0.1) is 18.7 Å². The Kier molecular flexibility index (Phi) is 4.34. The van der Waals surface area contributed by atoms with Crippen LogP contribution < -0.4 is 20.7 Å². The third kappa shape index (κ3) is 3.92. The quantitative estimate of drug-likeness (QED) is 0.785. The Labute approximate surface area is 137 Å². The molecule has 0 spiro atoms. The molecule has 0 radical (unpaired) electrons. The predicted molar refractivity (Wildman–Crippen MR) is 89.3 cm³/mol. The zero-order chi connectivity index (χ0) is 16.2. The summed E-state index contributed by atoms with van der Waals surface area (Å²) in [4.78, 5) is 23.5. The first-order valence-corrected chi connectivity index (χ1v) is 7.38. The second kappa shape index (κ2) is 6.58. The van der Waals surface area contributed by atoms with Crippen molar-refractivity contribution in [2.24, 2.45) is 0 Å². The summed E-state index contributed by atoms with van der Waals surface area (Å²) in [6.45, 7) is 0.336.